The number of nitrogens with zero attached hydrogens (tertiary/aromatic N) is 2. The first-order valence-electron chi connectivity index (χ1n) is 7.20. The molecule has 0 spiro atoms. The Bertz CT molecular complexity index is 454. The number of anilines is 2. The Kier molecular flexibility index (Phi) is 3.58. The van der Waals surface area contributed by atoms with Gasteiger partial charge in [-0.2, -0.15) is 0 Å². The highest BCUT2D eigenvalue weighted by Gasteiger charge is 2.22. The number of amides is 1. The van der Waals surface area contributed by atoms with Crippen LogP contribution in [-0.2, 0) is 4.79 Å². The number of nitrogens with one attached hydrogen (secondary N) is 1. The van der Waals surface area contributed by atoms with Crippen molar-refractivity contribution in [1.29, 1.82) is 0 Å². The molecular formula is C15H21N3O. The number of carbonyl (C=O) groups excluding carboxylic acids is 1. The van der Waals surface area contributed by atoms with E-state index in [0.29, 0.717) is 6.54 Å². The molecule has 0 radical (unpaired) electrons. The Balaban J connectivity index is 1.74. The Labute approximate surface area is 114 Å². The molecule has 1 saturated heterocycles. The normalized spacial score (nSPS) is 18.7. The van der Waals surface area contributed by atoms with E-state index in [9.17, 15) is 4.79 Å². The van der Waals surface area contributed by atoms with E-state index in [-0.39, 0.29) is 5.91 Å². The number of fused-ring (bicyclic) bond motifs is 1. The average Bonchev–Trinajstić information content (AvgIpc) is 2.90. The molecule has 3 rings (SSSR count). The summed E-state index contributed by atoms with van der Waals surface area (Å²) >= 11 is 0. The molecule has 4 nitrogen and oxygen atoms in total. The molecule has 0 atom stereocenters. The highest BCUT2D eigenvalue weighted by Crippen LogP contribution is 2.27. The van der Waals surface area contributed by atoms with Crippen LogP contribution in [0.15, 0.2) is 24.3 Å². The third-order valence-corrected chi connectivity index (χ3v) is 3.95. The maximum absolute atomic E-state index is 12.3. The van der Waals surface area contributed by atoms with E-state index < -0.39 is 0 Å². The second kappa shape index (κ2) is 5.51. The molecule has 0 unspecified atom stereocenters. The van der Waals surface area contributed by atoms with Gasteiger partial charge in [-0.15, -0.1) is 0 Å². The molecule has 1 N–H and O–H groups in total. The van der Waals surface area contributed by atoms with Crippen LogP contribution in [0.1, 0.15) is 19.3 Å². The zero-order chi connectivity index (χ0) is 13.1. The molecule has 2 heterocycles. The van der Waals surface area contributed by atoms with Crippen LogP contribution in [0.3, 0.4) is 0 Å². The van der Waals surface area contributed by atoms with Crippen molar-refractivity contribution in [2.75, 3.05) is 42.9 Å². The number of hydrogen-bond donors (Lipinski definition) is 1. The molecule has 1 aromatic carbocycles. The van der Waals surface area contributed by atoms with Crippen LogP contribution in [0.2, 0.25) is 0 Å². The summed E-state index contributed by atoms with van der Waals surface area (Å²) in [5, 5.41) is 3.43. The fourth-order valence-corrected chi connectivity index (χ4v) is 2.91. The van der Waals surface area contributed by atoms with Crippen molar-refractivity contribution < 1.29 is 4.79 Å². The molecule has 1 fully saturated rings. The minimum absolute atomic E-state index is 0.272. The summed E-state index contributed by atoms with van der Waals surface area (Å²) in [4.78, 5) is 16.5. The smallest absolute Gasteiger partial charge is 0.242 e. The first-order valence-corrected chi connectivity index (χ1v) is 7.20. The quantitative estimate of drug-likeness (QED) is 0.881. The van der Waals surface area contributed by atoms with Gasteiger partial charge in [0.15, 0.2) is 0 Å². The lowest BCUT2D eigenvalue weighted by molar-refractivity contribution is -0.128. The zero-order valence-electron chi connectivity index (χ0n) is 11.3. The first-order chi connectivity index (χ1) is 9.34. The van der Waals surface area contributed by atoms with Crippen molar-refractivity contribution in [3.8, 4) is 0 Å². The summed E-state index contributed by atoms with van der Waals surface area (Å²) in [5.41, 5.74) is 2.31. The summed E-state index contributed by atoms with van der Waals surface area (Å²) < 4.78 is 0. The van der Waals surface area contributed by atoms with E-state index in [2.05, 4.69) is 22.3 Å². The third-order valence-electron chi connectivity index (χ3n) is 3.95. The van der Waals surface area contributed by atoms with E-state index in [1.807, 2.05) is 17.0 Å². The van der Waals surface area contributed by atoms with Crippen LogP contribution in [0.4, 0.5) is 11.4 Å². The van der Waals surface area contributed by atoms with Crippen molar-refractivity contribution in [2.45, 2.75) is 19.3 Å². The summed E-state index contributed by atoms with van der Waals surface area (Å²) in [6.45, 7) is 4.31. The summed E-state index contributed by atoms with van der Waals surface area (Å²) in [7, 11) is 0. The maximum atomic E-state index is 12.3. The van der Waals surface area contributed by atoms with Gasteiger partial charge >= 0.3 is 0 Å². The summed E-state index contributed by atoms with van der Waals surface area (Å²) in [5.74, 6) is 0.272. The molecule has 1 aromatic rings. The molecule has 2 aliphatic rings. The summed E-state index contributed by atoms with van der Waals surface area (Å²) in [6.07, 6.45) is 3.38. The van der Waals surface area contributed by atoms with Crippen molar-refractivity contribution in [2.24, 2.45) is 0 Å². The van der Waals surface area contributed by atoms with Crippen LogP contribution in [0, 0.1) is 0 Å². The number of rotatable bonds is 2. The predicted molar refractivity (Wildman–Crippen MR) is 77.6 cm³/mol. The highest BCUT2D eigenvalue weighted by molar-refractivity contribution is 5.84. The molecule has 19 heavy (non-hydrogen) atoms. The number of likely N-dealkylation sites (tertiary alicyclic amines) is 1. The number of hydrogen-bond acceptors (Lipinski definition) is 3. The monoisotopic (exact) mass is 259 g/mol. The van der Waals surface area contributed by atoms with Gasteiger partial charge in [-0.1, -0.05) is 12.1 Å². The molecule has 0 aliphatic carbocycles. The van der Waals surface area contributed by atoms with E-state index in [1.165, 1.54) is 0 Å². The van der Waals surface area contributed by atoms with Gasteiger partial charge in [0.05, 0.1) is 17.9 Å². The molecule has 2 aliphatic heterocycles. The minimum Gasteiger partial charge on any atom is -0.383 e. The largest absolute Gasteiger partial charge is 0.383 e. The van der Waals surface area contributed by atoms with Crippen molar-refractivity contribution >= 4 is 17.3 Å². The predicted octanol–water partition coefficient (Wildman–Crippen LogP) is 1.93. The first kappa shape index (κ1) is 12.3. The SMILES string of the molecule is O=C(CN1CCCNc2ccccc21)N1CCCC1. The molecule has 4 heteroatoms. The molecular weight excluding hydrogens is 238 g/mol. The standard InChI is InChI=1S/C15H21N3O/c19-15(17-9-3-4-10-17)12-18-11-5-8-16-13-6-1-2-7-14(13)18/h1-2,6-7,16H,3-5,8-12H2. The Morgan fingerprint density at radius 2 is 1.89 bits per heavy atom. The van der Waals surface area contributed by atoms with Gasteiger partial charge < -0.3 is 15.1 Å². The van der Waals surface area contributed by atoms with E-state index >= 15 is 0 Å². The van der Waals surface area contributed by atoms with Gasteiger partial charge in [0.2, 0.25) is 5.91 Å². The lowest BCUT2D eigenvalue weighted by Crippen LogP contribution is -2.39. The second-order valence-corrected chi connectivity index (χ2v) is 5.31. The second-order valence-electron chi connectivity index (χ2n) is 5.31. The maximum Gasteiger partial charge on any atom is 0.242 e. The molecule has 0 bridgehead atoms. The number of carbonyl (C=O) groups is 1. The third kappa shape index (κ3) is 2.67. The zero-order valence-corrected chi connectivity index (χ0v) is 11.3. The summed E-state index contributed by atoms with van der Waals surface area (Å²) in [6, 6.07) is 8.27. The van der Waals surface area contributed by atoms with Crippen molar-refractivity contribution in [3.63, 3.8) is 0 Å². The fourth-order valence-electron chi connectivity index (χ4n) is 2.91. The van der Waals surface area contributed by atoms with E-state index in [4.69, 9.17) is 0 Å². The number of para-hydroxylation sites is 2. The average molecular weight is 259 g/mol. The van der Waals surface area contributed by atoms with Crippen molar-refractivity contribution in [3.05, 3.63) is 24.3 Å². The Morgan fingerprint density at radius 3 is 2.74 bits per heavy atom. The molecule has 0 aromatic heterocycles. The van der Waals surface area contributed by atoms with Gasteiger partial charge in [0.25, 0.3) is 0 Å². The fraction of sp³-hybridized carbons (Fsp3) is 0.533. The Morgan fingerprint density at radius 1 is 1.11 bits per heavy atom. The van der Waals surface area contributed by atoms with Crippen LogP contribution in [-0.4, -0.2) is 43.5 Å². The lowest BCUT2D eigenvalue weighted by Gasteiger charge is -2.26. The molecule has 1 amide bonds. The van der Waals surface area contributed by atoms with Crippen LogP contribution in [0.25, 0.3) is 0 Å². The minimum atomic E-state index is 0.272. The molecule has 0 saturated carbocycles. The van der Waals surface area contributed by atoms with Gasteiger partial charge in [-0.05, 0) is 31.4 Å². The van der Waals surface area contributed by atoms with Crippen LogP contribution >= 0.6 is 0 Å². The van der Waals surface area contributed by atoms with Gasteiger partial charge in [-0.25, -0.2) is 0 Å². The topological polar surface area (TPSA) is 35.6 Å². The van der Waals surface area contributed by atoms with E-state index in [1.54, 1.807) is 0 Å². The lowest BCUT2D eigenvalue weighted by atomic mass is 10.2. The van der Waals surface area contributed by atoms with Gasteiger partial charge in [0, 0.05) is 26.2 Å². The Hall–Kier alpha value is -1.71. The van der Waals surface area contributed by atoms with E-state index in [0.717, 1.165) is 56.8 Å². The van der Waals surface area contributed by atoms with Gasteiger partial charge in [0.1, 0.15) is 0 Å². The van der Waals surface area contributed by atoms with Crippen LogP contribution in [0.5, 0.6) is 0 Å². The highest BCUT2D eigenvalue weighted by atomic mass is 16.2. The molecule has 102 valence electrons. The number of benzene rings is 1. The van der Waals surface area contributed by atoms with Crippen molar-refractivity contribution in [1.82, 2.24) is 4.90 Å². The van der Waals surface area contributed by atoms with Crippen LogP contribution < -0.4 is 10.2 Å². The van der Waals surface area contributed by atoms with Gasteiger partial charge in [-0.3, -0.25) is 4.79 Å².